The van der Waals surface area contributed by atoms with Crippen molar-refractivity contribution < 1.29 is 14.4 Å². The van der Waals surface area contributed by atoms with Gasteiger partial charge >= 0.3 is 6.03 Å². The number of hydrogen-bond acceptors (Lipinski definition) is 3. The number of halogens is 1. The molecule has 8 heteroatoms. The quantitative estimate of drug-likeness (QED) is 0.617. The van der Waals surface area contributed by atoms with Crippen molar-refractivity contribution in [2.45, 2.75) is 38.8 Å². The summed E-state index contributed by atoms with van der Waals surface area (Å²) >= 11 is 5.87. The molecule has 1 aliphatic heterocycles. The fourth-order valence-corrected chi connectivity index (χ4v) is 4.13. The average Bonchev–Trinajstić information content (AvgIpc) is 2.85. The van der Waals surface area contributed by atoms with Gasteiger partial charge in [-0.25, -0.2) is 4.79 Å². The topological polar surface area (TPSA) is 81.8 Å². The fourth-order valence-electron chi connectivity index (χ4n) is 4.00. The lowest BCUT2D eigenvalue weighted by Crippen LogP contribution is -2.51. The van der Waals surface area contributed by atoms with Crippen LogP contribution in [0.5, 0.6) is 0 Å². The van der Waals surface area contributed by atoms with Crippen molar-refractivity contribution in [3.05, 3.63) is 70.7 Å². The number of carbonyl (C=O) groups excluding carboxylic acids is 3. The third-order valence-corrected chi connectivity index (χ3v) is 6.02. The van der Waals surface area contributed by atoms with E-state index in [-0.39, 0.29) is 24.4 Å². The summed E-state index contributed by atoms with van der Waals surface area (Å²) in [6.07, 6.45) is 2.29. The van der Waals surface area contributed by atoms with E-state index in [9.17, 15) is 14.4 Å². The Kier molecular flexibility index (Phi) is 9.13. The number of likely N-dealkylation sites (tertiary alicyclic amines) is 1. The molecule has 0 aromatic heterocycles. The van der Waals surface area contributed by atoms with Crippen molar-refractivity contribution >= 4 is 29.4 Å². The maximum atomic E-state index is 12.9. The molecule has 1 heterocycles. The summed E-state index contributed by atoms with van der Waals surface area (Å²) in [6, 6.07) is 16.1. The molecule has 0 spiro atoms. The van der Waals surface area contributed by atoms with Crippen LogP contribution in [0.15, 0.2) is 54.6 Å². The van der Waals surface area contributed by atoms with Crippen LogP contribution in [-0.2, 0) is 11.3 Å². The van der Waals surface area contributed by atoms with Gasteiger partial charge in [0.2, 0.25) is 5.91 Å². The SMILES string of the molecule is CCCN(C(=O)CNC(=O)NCc1ccc(Cl)cc1)C1CCN(C(=O)c2ccccc2)CC1. The summed E-state index contributed by atoms with van der Waals surface area (Å²) < 4.78 is 0. The Bertz CT molecular complexity index is 928. The molecule has 176 valence electrons. The Morgan fingerprint density at radius 1 is 1.00 bits per heavy atom. The minimum Gasteiger partial charge on any atom is -0.338 e. The van der Waals surface area contributed by atoms with E-state index in [1.807, 2.05) is 59.2 Å². The van der Waals surface area contributed by atoms with E-state index >= 15 is 0 Å². The fraction of sp³-hybridized carbons (Fsp3) is 0.400. The number of rotatable bonds is 8. The van der Waals surface area contributed by atoms with E-state index < -0.39 is 6.03 Å². The molecular weight excluding hydrogens is 440 g/mol. The van der Waals surface area contributed by atoms with Gasteiger partial charge in [0.15, 0.2) is 0 Å². The Morgan fingerprint density at radius 2 is 1.67 bits per heavy atom. The average molecular weight is 471 g/mol. The van der Waals surface area contributed by atoms with Gasteiger partial charge in [0, 0.05) is 42.8 Å². The number of benzene rings is 2. The maximum Gasteiger partial charge on any atom is 0.315 e. The predicted molar refractivity (Wildman–Crippen MR) is 129 cm³/mol. The largest absolute Gasteiger partial charge is 0.338 e. The van der Waals surface area contributed by atoms with Crippen LogP contribution in [0.2, 0.25) is 5.02 Å². The smallest absolute Gasteiger partial charge is 0.315 e. The number of nitrogens with one attached hydrogen (secondary N) is 2. The summed E-state index contributed by atoms with van der Waals surface area (Å²) in [5, 5.41) is 6.05. The van der Waals surface area contributed by atoms with Gasteiger partial charge < -0.3 is 20.4 Å². The Hall–Kier alpha value is -3.06. The van der Waals surface area contributed by atoms with Gasteiger partial charge in [-0.3, -0.25) is 9.59 Å². The molecule has 0 bridgehead atoms. The van der Waals surface area contributed by atoms with Crippen LogP contribution in [0.3, 0.4) is 0 Å². The van der Waals surface area contributed by atoms with Crippen molar-refractivity contribution in [2.24, 2.45) is 0 Å². The van der Waals surface area contributed by atoms with Gasteiger partial charge in [0.1, 0.15) is 0 Å². The van der Waals surface area contributed by atoms with Crippen LogP contribution in [0.1, 0.15) is 42.1 Å². The van der Waals surface area contributed by atoms with Gasteiger partial charge in [-0.15, -0.1) is 0 Å². The second-order valence-corrected chi connectivity index (χ2v) is 8.58. The monoisotopic (exact) mass is 470 g/mol. The Labute approximate surface area is 200 Å². The van der Waals surface area contributed by atoms with Crippen molar-refractivity contribution in [3.8, 4) is 0 Å². The molecule has 0 aliphatic carbocycles. The molecule has 0 atom stereocenters. The molecule has 2 aromatic rings. The zero-order chi connectivity index (χ0) is 23.6. The molecule has 4 amide bonds. The lowest BCUT2D eigenvalue weighted by Gasteiger charge is -2.38. The first-order valence-corrected chi connectivity index (χ1v) is 11.8. The summed E-state index contributed by atoms with van der Waals surface area (Å²) in [5.41, 5.74) is 1.61. The van der Waals surface area contributed by atoms with Gasteiger partial charge in [0.05, 0.1) is 6.54 Å². The van der Waals surface area contributed by atoms with E-state index in [2.05, 4.69) is 10.6 Å². The maximum absolute atomic E-state index is 12.9. The third kappa shape index (κ3) is 7.22. The molecular formula is C25H31ClN4O3. The number of piperidine rings is 1. The zero-order valence-electron chi connectivity index (χ0n) is 18.9. The standard InChI is InChI=1S/C25H31ClN4O3/c1-2-14-30(22-12-15-29(16-13-22)24(32)20-6-4-3-5-7-20)23(31)18-28-25(33)27-17-19-8-10-21(26)11-9-19/h3-11,22H,2,12-18H2,1H3,(H2,27,28,33). The highest BCUT2D eigenvalue weighted by atomic mass is 35.5. The number of hydrogen-bond donors (Lipinski definition) is 2. The van der Waals surface area contributed by atoms with E-state index in [1.165, 1.54) is 0 Å². The van der Waals surface area contributed by atoms with Crippen LogP contribution in [0.25, 0.3) is 0 Å². The molecule has 2 N–H and O–H groups in total. The van der Waals surface area contributed by atoms with Crippen molar-refractivity contribution in [3.63, 3.8) is 0 Å². The summed E-state index contributed by atoms with van der Waals surface area (Å²) in [4.78, 5) is 41.4. The second-order valence-electron chi connectivity index (χ2n) is 8.14. The molecule has 0 saturated carbocycles. The highest BCUT2D eigenvalue weighted by molar-refractivity contribution is 6.30. The Balaban J connectivity index is 1.46. The predicted octanol–water partition coefficient (Wildman–Crippen LogP) is 3.68. The number of amides is 4. The number of carbonyl (C=O) groups is 3. The molecule has 1 aliphatic rings. The van der Waals surface area contributed by atoms with Crippen LogP contribution in [0.4, 0.5) is 4.79 Å². The lowest BCUT2D eigenvalue weighted by molar-refractivity contribution is -0.133. The third-order valence-electron chi connectivity index (χ3n) is 5.76. The highest BCUT2D eigenvalue weighted by Crippen LogP contribution is 2.19. The molecule has 0 unspecified atom stereocenters. The van der Waals surface area contributed by atoms with Crippen LogP contribution >= 0.6 is 11.6 Å². The van der Waals surface area contributed by atoms with Crippen molar-refractivity contribution in [2.75, 3.05) is 26.2 Å². The van der Waals surface area contributed by atoms with Crippen molar-refractivity contribution in [1.82, 2.24) is 20.4 Å². The van der Waals surface area contributed by atoms with Gasteiger partial charge in [-0.1, -0.05) is 48.9 Å². The minimum absolute atomic E-state index is 0.0291. The first-order chi connectivity index (χ1) is 16.0. The first kappa shape index (κ1) is 24.6. The molecule has 3 rings (SSSR count). The first-order valence-electron chi connectivity index (χ1n) is 11.4. The van der Waals surface area contributed by atoms with Gasteiger partial charge in [-0.2, -0.15) is 0 Å². The second kappa shape index (κ2) is 12.3. The molecule has 2 aromatic carbocycles. The molecule has 1 saturated heterocycles. The van der Waals surface area contributed by atoms with Crippen molar-refractivity contribution in [1.29, 1.82) is 0 Å². The highest BCUT2D eigenvalue weighted by Gasteiger charge is 2.29. The molecule has 0 radical (unpaired) electrons. The van der Waals surface area contributed by atoms with E-state index in [4.69, 9.17) is 11.6 Å². The van der Waals surface area contributed by atoms with Gasteiger partial charge in [-0.05, 0) is 49.1 Å². The molecule has 1 fully saturated rings. The number of nitrogens with zero attached hydrogens (tertiary/aromatic N) is 2. The van der Waals surface area contributed by atoms with E-state index in [1.54, 1.807) is 12.1 Å². The molecule has 7 nitrogen and oxygen atoms in total. The lowest BCUT2D eigenvalue weighted by atomic mass is 10.0. The normalized spacial score (nSPS) is 13.9. The van der Waals surface area contributed by atoms with Gasteiger partial charge in [0.25, 0.3) is 5.91 Å². The molecule has 33 heavy (non-hydrogen) atoms. The van der Waals surface area contributed by atoms with Crippen LogP contribution < -0.4 is 10.6 Å². The summed E-state index contributed by atoms with van der Waals surface area (Å²) in [5.74, 6) is -0.0761. The van der Waals surface area contributed by atoms with E-state index in [0.29, 0.717) is 36.8 Å². The number of urea groups is 1. The zero-order valence-corrected chi connectivity index (χ0v) is 19.7. The van der Waals surface area contributed by atoms with E-state index in [0.717, 1.165) is 24.8 Å². The van der Waals surface area contributed by atoms with Crippen LogP contribution in [0, 0.1) is 0 Å². The minimum atomic E-state index is -0.391. The summed E-state index contributed by atoms with van der Waals surface area (Å²) in [6.45, 7) is 4.17. The Morgan fingerprint density at radius 3 is 2.30 bits per heavy atom. The van der Waals surface area contributed by atoms with Crippen LogP contribution in [-0.4, -0.2) is 59.9 Å². The summed E-state index contributed by atoms with van der Waals surface area (Å²) in [7, 11) is 0.